The van der Waals surface area contributed by atoms with Gasteiger partial charge in [-0.2, -0.15) is 0 Å². The molecule has 0 saturated heterocycles. The number of aryl methyl sites for hydroxylation is 2. The number of halogens is 1. The Morgan fingerprint density at radius 1 is 1.47 bits per heavy atom. The second-order valence-electron chi connectivity index (χ2n) is 4.29. The number of nitrogen functional groups attached to an aromatic ring is 1. The van der Waals surface area contributed by atoms with Crippen LogP contribution in [0.15, 0.2) is 12.3 Å². The predicted molar refractivity (Wildman–Crippen MR) is 75.8 cm³/mol. The van der Waals surface area contributed by atoms with Crippen LogP contribution in [0.3, 0.4) is 0 Å². The number of aromatic nitrogens is 2. The van der Waals surface area contributed by atoms with E-state index >= 15 is 0 Å². The van der Waals surface area contributed by atoms with Crippen molar-refractivity contribution in [2.24, 2.45) is 0 Å². The smallest absolute Gasteiger partial charge is 0.259 e. The van der Waals surface area contributed by atoms with E-state index in [2.05, 4.69) is 15.3 Å². The van der Waals surface area contributed by atoms with E-state index in [9.17, 15) is 4.79 Å². The van der Waals surface area contributed by atoms with Gasteiger partial charge in [0.2, 0.25) is 0 Å². The molecule has 2 heterocycles. The molecule has 98 valence electrons. The Hall–Kier alpha value is -1.66. The van der Waals surface area contributed by atoms with Crippen molar-refractivity contribution in [3.8, 4) is 0 Å². The number of carbonyl (C=O) groups is 1. The first-order chi connectivity index (χ1) is 9.13. The van der Waals surface area contributed by atoms with Gasteiger partial charge in [0.1, 0.15) is 5.82 Å². The van der Waals surface area contributed by atoms with E-state index in [0.29, 0.717) is 10.7 Å². The van der Waals surface area contributed by atoms with Crippen LogP contribution in [-0.4, -0.2) is 15.9 Å². The Labute approximate surface area is 118 Å². The van der Waals surface area contributed by atoms with Gasteiger partial charge in [-0.25, -0.2) is 9.97 Å². The molecule has 0 spiro atoms. The zero-order valence-corrected chi connectivity index (χ0v) is 11.5. The lowest BCUT2D eigenvalue weighted by atomic mass is 10.2. The van der Waals surface area contributed by atoms with Gasteiger partial charge in [-0.05, 0) is 25.3 Å². The number of amides is 1. The van der Waals surface area contributed by atoms with Gasteiger partial charge in [-0.1, -0.05) is 11.6 Å². The van der Waals surface area contributed by atoms with Crippen molar-refractivity contribution >= 4 is 39.8 Å². The Bertz CT molecular complexity index is 634. The molecular weight excluding hydrogens is 284 g/mol. The summed E-state index contributed by atoms with van der Waals surface area (Å²) in [6.45, 7) is 0. The number of hydrogen-bond donors (Lipinski definition) is 2. The van der Waals surface area contributed by atoms with Gasteiger partial charge >= 0.3 is 0 Å². The topological polar surface area (TPSA) is 80.9 Å². The van der Waals surface area contributed by atoms with Gasteiger partial charge in [-0.3, -0.25) is 10.1 Å². The summed E-state index contributed by atoms with van der Waals surface area (Å²) in [6, 6.07) is 1.50. The van der Waals surface area contributed by atoms with E-state index in [4.69, 9.17) is 17.3 Å². The number of pyridine rings is 1. The summed E-state index contributed by atoms with van der Waals surface area (Å²) in [7, 11) is 0. The first-order valence-electron chi connectivity index (χ1n) is 5.84. The van der Waals surface area contributed by atoms with E-state index in [0.717, 1.165) is 25.0 Å². The number of anilines is 2. The highest BCUT2D eigenvalue weighted by Gasteiger charge is 2.18. The third-order valence-corrected chi connectivity index (χ3v) is 4.32. The van der Waals surface area contributed by atoms with Crippen molar-refractivity contribution in [3.63, 3.8) is 0 Å². The van der Waals surface area contributed by atoms with Crippen molar-refractivity contribution < 1.29 is 4.79 Å². The van der Waals surface area contributed by atoms with Crippen LogP contribution < -0.4 is 11.1 Å². The Balaban J connectivity index is 1.78. The minimum atomic E-state index is -0.276. The standard InChI is InChI=1S/C12H11ClN4OS/c13-7-4-6(5-15-10(7)14)11(18)17-12-16-8-2-1-3-9(8)19-12/h4-5H,1-3H2,(H2,14,15)(H,16,17,18). The molecular formula is C12H11ClN4OS. The first-order valence-corrected chi connectivity index (χ1v) is 7.04. The van der Waals surface area contributed by atoms with Crippen LogP contribution in [0.5, 0.6) is 0 Å². The lowest BCUT2D eigenvalue weighted by Gasteiger charge is -2.03. The molecule has 0 aliphatic heterocycles. The molecule has 1 aliphatic rings. The van der Waals surface area contributed by atoms with Gasteiger partial charge in [-0.15, -0.1) is 11.3 Å². The summed E-state index contributed by atoms with van der Waals surface area (Å²) in [5, 5.41) is 3.66. The summed E-state index contributed by atoms with van der Waals surface area (Å²) in [5.41, 5.74) is 6.98. The molecule has 19 heavy (non-hydrogen) atoms. The number of nitrogens with two attached hydrogens (primary N) is 1. The molecule has 0 atom stereocenters. The Morgan fingerprint density at radius 2 is 2.32 bits per heavy atom. The molecule has 0 saturated carbocycles. The fourth-order valence-electron chi connectivity index (χ4n) is 1.99. The van der Waals surface area contributed by atoms with Crippen LogP contribution in [0.4, 0.5) is 10.9 Å². The minimum Gasteiger partial charge on any atom is -0.382 e. The highest BCUT2D eigenvalue weighted by Crippen LogP contribution is 2.30. The zero-order valence-electron chi connectivity index (χ0n) is 9.94. The van der Waals surface area contributed by atoms with E-state index < -0.39 is 0 Å². The molecule has 5 nitrogen and oxygen atoms in total. The summed E-state index contributed by atoms with van der Waals surface area (Å²) < 4.78 is 0. The third-order valence-electron chi connectivity index (χ3n) is 2.95. The van der Waals surface area contributed by atoms with Gasteiger partial charge in [0.05, 0.1) is 16.3 Å². The van der Waals surface area contributed by atoms with Gasteiger partial charge in [0.15, 0.2) is 5.13 Å². The van der Waals surface area contributed by atoms with Crippen molar-refractivity contribution in [2.45, 2.75) is 19.3 Å². The predicted octanol–water partition coefficient (Wildman–Crippen LogP) is 2.51. The average molecular weight is 295 g/mol. The maximum Gasteiger partial charge on any atom is 0.259 e. The largest absolute Gasteiger partial charge is 0.382 e. The number of thiazole rings is 1. The number of carbonyl (C=O) groups excluding carboxylic acids is 1. The molecule has 1 aliphatic carbocycles. The zero-order chi connectivity index (χ0) is 13.4. The average Bonchev–Trinajstić information content (AvgIpc) is 2.93. The maximum absolute atomic E-state index is 12.0. The molecule has 3 rings (SSSR count). The summed E-state index contributed by atoms with van der Waals surface area (Å²) >= 11 is 7.37. The Morgan fingerprint density at radius 3 is 3.05 bits per heavy atom. The number of nitrogens with one attached hydrogen (secondary N) is 1. The van der Waals surface area contributed by atoms with Gasteiger partial charge in [0.25, 0.3) is 5.91 Å². The highest BCUT2D eigenvalue weighted by molar-refractivity contribution is 7.16. The number of fused-ring (bicyclic) bond motifs is 1. The molecule has 7 heteroatoms. The molecule has 3 N–H and O–H groups in total. The van der Waals surface area contributed by atoms with E-state index in [1.807, 2.05) is 0 Å². The second kappa shape index (κ2) is 4.79. The molecule has 1 amide bonds. The fourth-order valence-corrected chi connectivity index (χ4v) is 3.20. The van der Waals surface area contributed by atoms with Crippen molar-refractivity contribution in [3.05, 3.63) is 33.4 Å². The van der Waals surface area contributed by atoms with Crippen LogP contribution in [0.2, 0.25) is 5.02 Å². The van der Waals surface area contributed by atoms with Crippen LogP contribution >= 0.6 is 22.9 Å². The van der Waals surface area contributed by atoms with E-state index in [1.54, 1.807) is 0 Å². The van der Waals surface area contributed by atoms with Crippen molar-refractivity contribution in [1.29, 1.82) is 0 Å². The van der Waals surface area contributed by atoms with Gasteiger partial charge in [0, 0.05) is 11.1 Å². The van der Waals surface area contributed by atoms with Crippen molar-refractivity contribution in [2.75, 3.05) is 11.1 Å². The van der Waals surface area contributed by atoms with Crippen LogP contribution in [0.25, 0.3) is 0 Å². The monoisotopic (exact) mass is 294 g/mol. The molecule has 0 fully saturated rings. The number of nitrogens with zero attached hydrogens (tertiary/aromatic N) is 2. The molecule has 0 bridgehead atoms. The van der Waals surface area contributed by atoms with Gasteiger partial charge < -0.3 is 5.73 Å². The van der Waals surface area contributed by atoms with Crippen LogP contribution in [0.1, 0.15) is 27.3 Å². The molecule has 0 aromatic carbocycles. The maximum atomic E-state index is 12.0. The third kappa shape index (κ3) is 2.41. The van der Waals surface area contributed by atoms with Crippen LogP contribution in [0, 0.1) is 0 Å². The van der Waals surface area contributed by atoms with Crippen LogP contribution in [-0.2, 0) is 12.8 Å². The summed E-state index contributed by atoms with van der Waals surface area (Å²) in [4.78, 5) is 21.6. The second-order valence-corrected chi connectivity index (χ2v) is 5.78. The Kier molecular flexibility index (Phi) is 3.12. The highest BCUT2D eigenvalue weighted by atomic mass is 35.5. The summed E-state index contributed by atoms with van der Waals surface area (Å²) in [5.74, 6) is -0.0618. The normalized spacial score (nSPS) is 13.3. The molecule has 0 radical (unpaired) electrons. The lowest BCUT2D eigenvalue weighted by Crippen LogP contribution is -2.12. The van der Waals surface area contributed by atoms with E-state index in [1.165, 1.54) is 28.5 Å². The SMILES string of the molecule is Nc1ncc(C(=O)Nc2nc3c(s2)CCC3)cc1Cl. The summed E-state index contributed by atoms with van der Waals surface area (Å²) in [6.07, 6.45) is 4.60. The fraction of sp³-hybridized carbons (Fsp3) is 0.250. The minimum absolute atomic E-state index is 0.214. The van der Waals surface area contributed by atoms with Crippen molar-refractivity contribution in [1.82, 2.24) is 9.97 Å². The number of hydrogen-bond acceptors (Lipinski definition) is 5. The quantitative estimate of drug-likeness (QED) is 0.892. The molecule has 2 aromatic heterocycles. The lowest BCUT2D eigenvalue weighted by molar-refractivity contribution is 0.102. The van der Waals surface area contributed by atoms with E-state index in [-0.39, 0.29) is 16.7 Å². The first kappa shape index (κ1) is 12.4. The molecule has 2 aromatic rings. The number of rotatable bonds is 2. The molecule has 0 unspecified atom stereocenters.